The van der Waals surface area contributed by atoms with Crippen molar-refractivity contribution in [2.24, 2.45) is 0 Å². The van der Waals surface area contributed by atoms with E-state index < -0.39 is 35.6 Å². The molecule has 10 nitrogen and oxygen atoms in total. The van der Waals surface area contributed by atoms with Crippen molar-refractivity contribution in [2.45, 2.75) is 89.9 Å². The summed E-state index contributed by atoms with van der Waals surface area (Å²) in [5.74, 6) is 0. The first-order valence-corrected chi connectivity index (χ1v) is 10.5. The molecule has 0 aliphatic carbocycles. The summed E-state index contributed by atoms with van der Waals surface area (Å²) in [6.45, 7) is 13.5. The smallest absolute Gasteiger partial charge is 0.407 e. The van der Waals surface area contributed by atoms with Gasteiger partial charge < -0.3 is 41.0 Å². The molecule has 30 heavy (non-hydrogen) atoms. The van der Waals surface area contributed by atoms with Gasteiger partial charge in [-0.1, -0.05) is 0 Å². The molecule has 2 amide bonds. The first kappa shape index (κ1) is 26.4. The minimum absolute atomic E-state index is 0.207. The molecule has 2 rings (SSSR count). The molecular weight excluding hydrogens is 392 g/mol. The zero-order valence-electron chi connectivity index (χ0n) is 19.1. The third-order valence-corrected chi connectivity index (χ3v) is 4.30. The zero-order chi connectivity index (χ0) is 22.9. The fraction of sp³-hybridized carbons (Fsp3) is 0.900. The highest BCUT2D eigenvalue weighted by Gasteiger charge is 2.27. The molecule has 0 bridgehead atoms. The SMILES string of the molecule is CC(C)(C)OC(=O)N[C@@H]1CCNC[C@@H]1O.CC(C)(C)OC(=O)N[C@H]1CCNC[C@H]1O. The number of nitrogens with one attached hydrogen (secondary N) is 4. The summed E-state index contributed by atoms with van der Waals surface area (Å²) in [5.41, 5.74) is -0.996. The van der Waals surface area contributed by atoms with Crippen LogP contribution in [0.15, 0.2) is 0 Å². The molecule has 0 unspecified atom stereocenters. The molecule has 0 aromatic rings. The Morgan fingerprint density at radius 2 is 1.10 bits per heavy atom. The van der Waals surface area contributed by atoms with Crippen LogP contribution in [-0.2, 0) is 9.47 Å². The fourth-order valence-electron chi connectivity index (χ4n) is 2.94. The Morgan fingerprint density at radius 3 is 1.37 bits per heavy atom. The van der Waals surface area contributed by atoms with Gasteiger partial charge in [0.05, 0.1) is 24.3 Å². The zero-order valence-corrected chi connectivity index (χ0v) is 19.1. The second-order valence-corrected chi connectivity index (χ2v) is 9.63. The third kappa shape index (κ3) is 11.5. The van der Waals surface area contributed by atoms with Crippen LogP contribution in [0.25, 0.3) is 0 Å². The number of piperidine rings is 2. The summed E-state index contributed by atoms with van der Waals surface area (Å²) in [5, 5.41) is 30.6. The fourth-order valence-corrected chi connectivity index (χ4v) is 2.94. The van der Waals surface area contributed by atoms with Crippen LogP contribution < -0.4 is 21.3 Å². The van der Waals surface area contributed by atoms with Crippen LogP contribution in [0, 0.1) is 0 Å². The lowest BCUT2D eigenvalue weighted by Gasteiger charge is -2.30. The number of carbonyl (C=O) groups is 2. The largest absolute Gasteiger partial charge is 0.444 e. The second kappa shape index (κ2) is 11.7. The molecule has 2 aliphatic rings. The van der Waals surface area contributed by atoms with Crippen LogP contribution in [0.1, 0.15) is 54.4 Å². The first-order chi connectivity index (χ1) is 13.8. The molecule has 0 radical (unpaired) electrons. The minimum Gasteiger partial charge on any atom is -0.444 e. The predicted octanol–water partition coefficient (Wildman–Crippen LogP) is 0.468. The lowest BCUT2D eigenvalue weighted by Crippen LogP contribution is -2.53. The minimum atomic E-state index is -0.536. The van der Waals surface area contributed by atoms with Crippen LogP contribution in [0.3, 0.4) is 0 Å². The van der Waals surface area contributed by atoms with Crippen molar-refractivity contribution in [1.82, 2.24) is 21.3 Å². The summed E-state index contributed by atoms with van der Waals surface area (Å²) >= 11 is 0. The van der Waals surface area contributed by atoms with Gasteiger partial charge in [0.25, 0.3) is 0 Å². The van der Waals surface area contributed by atoms with E-state index in [1.54, 1.807) is 0 Å². The van der Waals surface area contributed by atoms with Gasteiger partial charge in [-0.05, 0) is 67.5 Å². The molecule has 0 aromatic heterocycles. The number of carbonyl (C=O) groups excluding carboxylic acids is 2. The van der Waals surface area contributed by atoms with Gasteiger partial charge in [-0.25, -0.2) is 9.59 Å². The van der Waals surface area contributed by atoms with E-state index in [0.717, 1.165) is 25.9 Å². The van der Waals surface area contributed by atoms with Crippen molar-refractivity contribution < 1.29 is 29.3 Å². The summed E-state index contributed by atoms with van der Waals surface area (Å²) in [4.78, 5) is 22.8. The quantitative estimate of drug-likeness (QED) is 0.370. The highest BCUT2D eigenvalue weighted by Crippen LogP contribution is 2.10. The maximum atomic E-state index is 11.4. The average Bonchev–Trinajstić information content (AvgIpc) is 2.56. The molecule has 4 atom stereocenters. The first-order valence-electron chi connectivity index (χ1n) is 10.5. The van der Waals surface area contributed by atoms with E-state index in [9.17, 15) is 19.8 Å². The Hall–Kier alpha value is -1.62. The molecule has 6 N–H and O–H groups in total. The maximum Gasteiger partial charge on any atom is 0.407 e. The van der Waals surface area contributed by atoms with E-state index >= 15 is 0 Å². The van der Waals surface area contributed by atoms with Crippen LogP contribution >= 0.6 is 0 Å². The highest BCUT2D eigenvalue weighted by atomic mass is 16.6. The molecule has 2 fully saturated rings. The molecule has 2 aliphatic heterocycles. The van der Waals surface area contributed by atoms with Gasteiger partial charge in [0.2, 0.25) is 0 Å². The second-order valence-electron chi connectivity index (χ2n) is 9.63. The van der Waals surface area contributed by atoms with E-state index in [1.807, 2.05) is 41.5 Å². The lowest BCUT2D eigenvalue weighted by atomic mass is 10.0. The Balaban J connectivity index is 0.000000300. The summed E-state index contributed by atoms with van der Waals surface area (Å²) < 4.78 is 10.2. The molecular formula is C20H40N4O6. The van der Waals surface area contributed by atoms with Gasteiger partial charge in [-0.3, -0.25) is 0 Å². The highest BCUT2D eigenvalue weighted by molar-refractivity contribution is 5.68. The van der Waals surface area contributed by atoms with Gasteiger partial charge in [0.1, 0.15) is 11.2 Å². The Bertz CT molecular complexity index is 498. The molecule has 176 valence electrons. The van der Waals surface area contributed by atoms with Gasteiger partial charge >= 0.3 is 12.2 Å². The molecule has 0 saturated carbocycles. The van der Waals surface area contributed by atoms with Crippen LogP contribution in [-0.4, -0.2) is 84.1 Å². The predicted molar refractivity (Wildman–Crippen MR) is 113 cm³/mol. The number of ether oxygens (including phenoxy) is 2. The average molecular weight is 433 g/mol. The number of β-amino-alcohol motifs (C(OH)–C–C–N with tert-alkyl or cyclic N) is 2. The number of hydrogen-bond donors (Lipinski definition) is 6. The van der Waals surface area contributed by atoms with Gasteiger partial charge in [-0.2, -0.15) is 0 Å². The van der Waals surface area contributed by atoms with E-state index in [0.29, 0.717) is 13.1 Å². The number of aliphatic hydroxyl groups excluding tert-OH is 2. The topological polar surface area (TPSA) is 141 Å². The van der Waals surface area contributed by atoms with Gasteiger partial charge in [-0.15, -0.1) is 0 Å². The molecule has 0 spiro atoms. The Labute approximate surface area is 179 Å². The van der Waals surface area contributed by atoms with Gasteiger partial charge in [0, 0.05) is 13.1 Å². The summed E-state index contributed by atoms with van der Waals surface area (Å²) in [7, 11) is 0. The number of aliphatic hydroxyl groups is 2. The van der Waals surface area contributed by atoms with Crippen LogP contribution in [0.4, 0.5) is 9.59 Å². The van der Waals surface area contributed by atoms with Crippen LogP contribution in [0.5, 0.6) is 0 Å². The van der Waals surface area contributed by atoms with Crippen molar-refractivity contribution >= 4 is 12.2 Å². The van der Waals surface area contributed by atoms with E-state index in [1.165, 1.54) is 0 Å². The molecule has 2 saturated heterocycles. The van der Waals surface area contributed by atoms with Crippen molar-refractivity contribution in [3.63, 3.8) is 0 Å². The van der Waals surface area contributed by atoms with E-state index in [4.69, 9.17) is 9.47 Å². The lowest BCUT2D eigenvalue weighted by molar-refractivity contribution is 0.0379. The molecule has 10 heteroatoms. The van der Waals surface area contributed by atoms with Crippen molar-refractivity contribution in [2.75, 3.05) is 26.2 Å². The van der Waals surface area contributed by atoms with Crippen molar-refractivity contribution in [1.29, 1.82) is 0 Å². The normalized spacial score (nSPS) is 27.2. The standard InChI is InChI=1S/2C10H20N2O3/c2*1-10(2,3)15-9(14)12-7-4-5-11-6-8(7)13/h2*7-8,11,13H,4-6H2,1-3H3,(H,12,14)/t2*7-,8+/m10/s1. The maximum absolute atomic E-state index is 11.4. The molecule has 2 heterocycles. The summed E-state index contributed by atoms with van der Waals surface area (Å²) in [6.07, 6.45) is -0.555. The third-order valence-electron chi connectivity index (χ3n) is 4.30. The van der Waals surface area contributed by atoms with Gasteiger partial charge in [0.15, 0.2) is 0 Å². The van der Waals surface area contributed by atoms with E-state index in [-0.39, 0.29) is 12.1 Å². The monoisotopic (exact) mass is 432 g/mol. The number of hydrogen-bond acceptors (Lipinski definition) is 8. The number of amides is 2. The van der Waals surface area contributed by atoms with Crippen molar-refractivity contribution in [3.8, 4) is 0 Å². The number of alkyl carbamates (subject to hydrolysis) is 2. The Morgan fingerprint density at radius 1 is 0.767 bits per heavy atom. The Kier molecular flexibility index (Phi) is 10.3. The van der Waals surface area contributed by atoms with Crippen LogP contribution in [0.2, 0.25) is 0 Å². The molecule has 0 aromatic carbocycles. The number of rotatable bonds is 2. The van der Waals surface area contributed by atoms with Crippen molar-refractivity contribution in [3.05, 3.63) is 0 Å². The summed E-state index contributed by atoms with van der Waals surface area (Å²) in [6, 6.07) is -0.415. The van der Waals surface area contributed by atoms with E-state index in [2.05, 4.69) is 21.3 Å².